The molecular formula is C15H23NO. The van der Waals surface area contributed by atoms with E-state index < -0.39 is 6.04 Å². The zero-order valence-electron chi connectivity index (χ0n) is 11.4. The number of rotatable bonds is 3. The molecule has 1 unspecified atom stereocenters. The van der Waals surface area contributed by atoms with Crippen LogP contribution in [0.4, 0.5) is 0 Å². The van der Waals surface area contributed by atoms with Gasteiger partial charge in [0.05, 0.1) is 6.04 Å². The molecule has 1 aromatic rings. The van der Waals surface area contributed by atoms with Crippen LogP contribution in [0.25, 0.3) is 0 Å². The quantitative estimate of drug-likeness (QED) is 0.813. The van der Waals surface area contributed by atoms with E-state index in [-0.39, 0.29) is 11.2 Å². The molecule has 0 aromatic heterocycles. The smallest absolute Gasteiger partial charge is 0.180 e. The topological polar surface area (TPSA) is 43.1 Å². The predicted octanol–water partition coefficient (Wildman–Crippen LogP) is 3.37. The number of benzene rings is 1. The van der Waals surface area contributed by atoms with Crippen molar-refractivity contribution < 1.29 is 4.79 Å². The Morgan fingerprint density at radius 1 is 1.12 bits per heavy atom. The second-order valence-corrected chi connectivity index (χ2v) is 5.98. The highest BCUT2D eigenvalue weighted by molar-refractivity contribution is 6.00. The maximum Gasteiger partial charge on any atom is 0.180 e. The summed E-state index contributed by atoms with van der Waals surface area (Å²) in [7, 11) is 0. The Morgan fingerprint density at radius 2 is 1.59 bits per heavy atom. The van der Waals surface area contributed by atoms with Crippen molar-refractivity contribution in [1.82, 2.24) is 0 Å². The van der Waals surface area contributed by atoms with Gasteiger partial charge in [-0.2, -0.15) is 0 Å². The molecule has 1 rings (SSSR count). The minimum absolute atomic E-state index is 0.0211. The average Bonchev–Trinajstić information content (AvgIpc) is 2.26. The Hall–Kier alpha value is -1.15. The van der Waals surface area contributed by atoms with E-state index in [4.69, 9.17) is 5.73 Å². The Morgan fingerprint density at radius 3 is 1.94 bits per heavy atom. The van der Waals surface area contributed by atoms with E-state index in [9.17, 15) is 4.79 Å². The molecule has 17 heavy (non-hydrogen) atoms. The summed E-state index contributed by atoms with van der Waals surface area (Å²) in [5, 5.41) is 0. The number of nitrogens with two attached hydrogens (primary N) is 1. The van der Waals surface area contributed by atoms with Gasteiger partial charge in [0.2, 0.25) is 0 Å². The van der Waals surface area contributed by atoms with Gasteiger partial charge in [0.1, 0.15) is 0 Å². The van der Waals surface area contributed by atoms with Crippen molar-refractivity contribution in [3.63, 3.8) is 0 Å². The van der Waals surface area contributed by atoms with Crippen molar-refractivity contribution in [3.8, 4) is 0 Å². The summed E-state index contributed by atoms with van der Waals surface area (Å²) in [4.78, 5) is 12.1. The van der Waals surface area contributed by atoms with Gasteiger partial charge >= 0.3 is 0 Å². The fourth-order valence-electron chi connectivity index (χ4n) is 1.61. The van der Waals surface area contributed by atoms with Gasteiger partial charge in [-0.1, -0.05) is 58.9 Å². The van der Waals surface area contributed by atoms with E-state index in [1.54, 1.807) is 0 Å². The lowest BCUT2D eigenvalue weighted by Gasteiger charge is -2.25. The first-order chi connectivity index (χ1) is 7.73. The van der Waals surface area contributed by atoms with E-state index in [1.807, 2.05) is 45.0 Å². The van der Waals surface area contributed by atoms with Crippen LogP contribution >= 0.6 is 0 Å². The fraction of sp³-hybridized carbons (Fsp3) is 0.533. The highest BCUT2D eigenvalue weighted by Gasteiger charge is 2.28. The lowest BCUT2D eigenvalue weighted by atomic mass is 9.82. The number of Topliss-reactive ketones (excluding diaryl/α,β-unsaturated/α-hetero) is 1. The minimum atomic E-state index is -0.451. The highest BCUT2D eigenvalue weighted by Crippen LogP contribution is 2.22. The Kier molecular flexibility index (Phi) is 4.10. The van der Waals surface area contributed by atoms with Gasteiger partial charge in [-0.05, 0) is 16.9 Å². The van der Waals surface area contributed by atoms with Crippen LogP contribution < -0.4 is 5.73 Å². The van der Waals surface area contributed by atoms with Crippen molar-refractivity contribution in [2.45, 2.75) is 46.6 Å². The molecule has 0 aliphatic carbocycles. The van der Waals surface area contributed by atoms with Crippen molar-refractivity contribution in [3.05, 3.63) is 35.4 Å². The van der Waals surface area contributed by atoms with Gasteiger partial charge < -0.3 is 5.73 Å². The molecule has 1 atom stereocenters. The van der Waals surface area contributed by atoms with Gasteiger partial charge in [-0.3, -0.25) is 4.79 Å². The third kappa shape index (κ3) is 3.40. The molecule has 0 fully saturated rings. The standard InChI is InChI=1S/C15H23NO/c1-10(2)11-6-8-12(9-7-11)13(17)14(16)15(3,4)5/h6-10,14H,16H2,1-5H3. The molecule has 0 aliphatic rings. The van der Waals surface area contributed by atoms with Crippen LogP contribution in [0, 0.1) is 5.41 Å². The molecule has 0 radical (unpaired) electrons. The molecule has 0 spiro atoms. The third-order valence-corrected chi connectivity index (χ3v) is 3.08. The Labute approximate surface area is 104 Å². The van der Waals surface area contributed by atoms with E-state index in [2.05, 4.69) is 13.8 Å². The normalized spacial score (nSPS) is 13.8. The molecule has 0 heterocycles. The van der Waals surface area contributed by atoms with Gasteiger partial charge in [0.15, 0.2) is 5.78 Å². The Balaban J connectivity index is 2.91. The summed E-state index contributed by atoms with van der Waals surface area (Å²) < 4.78 is 0. The van der Waals surface area contributed by atoms with Crippen LogP contribution in [0.1, 0.15) is 56.5 Å². The van der Waals surface area contributed by atoms with Gasteiger partial charge in [-0.15, -0.1) is 0 Å². The number of hydrogen-bond donors (Lipinski definition) is 1. The molecule has 1 aromatic carbocycles. The van der Waals surface area contributed by atoms with E-state index >= 15 is 0 Å². The highest BCUT2D eigenvalue weighted by atomic mass is 16.1. The van der Waals surface area contributed by atoms with Crippen LogP contribution in [0.2, 0.25) is 0 Å². The molecule has 0 aliphatic heterocycles. The van der Waals surface area contributed by atoms with Crippen LogP contribution in [-0.2, 0) is 0 Å². The van der Waals surface area contributed by atoms with Crippen LogP contribution in [0.3, 0.4) is 0 Å². The summed E-state index contributed by atoms with van der Waals surface area (Å²) in [5.74, 6) is 0.503. The van der Waals surface area contributed by atoms with Crippen LogP contribution in [0.15, 0.2) is 24.3 Å². The summed E-state index contributed by atoms with van der Waals surface area (Å²) in [6.07, 6.45) is 0. The first-order valence-electron chi connectivity index (χ1n) is 6.13. The van der Waals surface area contributed by atoms with Gasteiger partial charge in [0.25, 0.3) is 0 Å². The average molecular weight is 233 g/mol. The summed E-state index contributed by atoms with van der Waals surface area (Å²) in [5.41, 5.74) is 7.72. The van der Waals surface area contributed by atoms with E-state index in [0.29, 0.717) is 11.5 Å². The third-order valence-electron chi connectivity index (χ3n) is 3.08. The summed E-state index contributed by atoms with van der Waals surface area (Å²) >= 11 is 0. The zero-order valence-corrected chi connectivity index (χ0v) is 11.4. The molecular weight excluding hydrogens is 210 g/mol. The van der Waals surface area contributed by atoms with E-state index in [1.165, 1.54) is 5.56 Å². The second kappa shape index (κ2) is 5.01. The fourth-order valence-corrected chi connectivity index (χ4v) is 1.61. The number of carbonyl (C=O) groups excluding carboxylic acids is 1. The number of ketones is 1. The van der Waals surface area contributed by atoms with Gasteiger partial charge in [-0.25, -0.2) is 0 Å². The van der Waals surface area contributed by atoms with Crippen LogP contribution in [0.5, 0.6) is 0 Å². The second-order valence-electron chi connectivity index (χ2n) is 5.98. The summed E-state index contributed by atoms with van der Waals surface area (Å²) in [6, 6.07) is 7.32. The molecule has 0 saturated carbocycles. The lowest BCUT2D eigenvalue weighted by Crippen LogP contribution is -2.42. The maximum atomic E-state index is 12.1. The zero-order chi connectivity index (χ0) is 13.2. The van der Waals surface area contributed by atoms with Crippen molar-refractivity contribution in [2.75, 3.05) is 0 Å². The van der Waals surface area contributed by atoms with Crippen molar-refractivity contribution in [1.29, 1.82) is 0 Å². The molecule has 0 amide bonds. The predicted molar refractivity (Wildman–Crippen MR) is 72.3 cm³/mol. The summed E-state index contributed by atoms with van der Waals surface area (Å²) in [6.45, 7) is 10.2. The largest absolute Gasteiger partial charge is 0.321 e. The maximum absolute atomic E-state index is 12.1. The van der Waals surface area contributed by atoms with Crippen molar-refractivity contribution in [2.24, 2.45) is 11.1 Å². The molecule has 2 nitrogen and oxygen atoms in total. The molecule has 2 heteroatoms. The molecule has 2 N–H and O–H groups in total. The minimum Gasteiger partial charge on any atom is -0.321 e. The number of carbonyl (C=O) groups is 1. The molecule has 94 valence electrons. The molecule has 0 saturated heterocycles. The lowest BCUT2D eigenvalue weighted by molar-refractivity contribution is 0.0901. The number of hydrogen-bond acceptors (Lipinski definition) is 2. The SMILES string of the molecule is CC(C)c1ccc(C(=O)C(N)C(C)(C)C)cc1. The van der Waals surface area contributed by atoms with Gasteiger partial charge in [0, 0.05) is 5.56 Å². The van der Waals surface area contributed by atoms with Crippen LogP contribution in [-0.4, -0.2) is 11.8 Å². The molecule has 0 bridgehead atoms. The van der Waals surface area contributed by atoms with Crippen molar-refractivity contribution >= 4 is 5.78 Å². The van der Waals surface area contributed by atoms with E-state index in [0.717, 1.165) is 0 Å². The Bertz CT molecular complexity index is 384. The first-order valence-corrected chi connectivity index (χ1v) is 6.13. The first kappa shape index (κ1) is 13.9. The monoisotopic (exact) mass is 233 g/mol.